The lowest BCUT2D eigenvalue weighted by Gasteiger charge is -2.31. The summed E-state index contributed by atoms with van der Waals surface area (Å²) in [6, 6.07) is -0.184. The number of carbonyl (C=O) groups is 2. The zero-order chi connectivity index (χ0) is 15.2. The number of carbonyl (C=O) groups excluding carboxylic acids is 2. The predicted molar refractivity (Wildman–Crippen MR) is 77.0 cm³/mol. The summed E-state index contributed by atoms with van der Waals surface area (Å²) in [4.78, 5) is 23.8. The van der Waals surface area contributed by atoms with Gasteiger partial charge in [0.2, 0.25) is 5.91 Å². The Kier molecular flexibility index (Phi) is 5.87. The third kappa shape index (κ3) is 5.52. The second kappa shape index (κ2) is 7.18. The van der Waals surface area contributed by atoms with Crippen LogP contribution in [0.4, 0.5) is 4.79 Å². The fraction of sp³-hybridized carbons (Fsp3) is 0.733. The van der Waals surface area contributed by atoms with Gasteiger partial charge in [-0.25, -0.2) is 4.79 Å². The number of ether oxygens (including phenoxy) is 1. The van der Waals surface area contributed by atoms with E-state index in [1.807, 2.05) is 20.8 Å². The predicted octanol–water partition coefficient (Wildman–Crippen LogP) is 1.82. The van der Waals surface area contributed by atoms with E-state index in [2.05, 4.69) is 16.6 Å². The second-order valence-corrected chi connectivity index (χ2v) is 6.07. The maximum atomic E-state index is 12.0. The summed E-state index contributed by atoms with van der Waals surface area (Å²) in [5.41, 5.74) is -0.542. The first-order chi connectivity index (χ1) is 9.33. The molecule has 1 fully saturated rings. The number of hydrogen-bond acceptors (Lipinski definition) is 3. The third-order valence-electron chi connectivity index (χ3n) is 3.17. The van der Waals surface area contributed by atoms with Crippen molar-refractivity contribution in [1.82, 2.24) is 10.6 Å². The van der Waals surface area contributed by atoms with E-state index in [1.165, 1.54) is 0 Å². The van der Waals surface area contributed by atoms with Gasteiger partial charge in [0, 0.05) is 6.04 Å². The maximum absolute atomic E-state index is 12.0. The van der Waals surface area contributed by atoms with E-state index in [0.717, 1.165) is 25.7 Å². The van der Waals surface area contributed by atoms with E-state index >= 15 is 0 Å². The molecule has 5 heteroatoms. The van der Waals surface area contributed by atoms with Crippen LogP contribution in [0, 0.1) is 18.3 Å². The Morgan fingerprint density at radius 2 is 1.95 bits per heavy atom. The van der Waals surface area contributed by atoms with Gasteiger partial charge in [0.1, 0.15) is 5.60 Å². The Labute approximate surface area is 120 Å². The molecule has 5 nitrogen and oxygen atoms in total. The largest absolute Gasteiger partial charge is 0.444 e. The zero-order valence-electron chi connectivity index (χ0n) is 12.5. The monoisotopic (exact) mass is 280 g/mol. The summed E-state index contributed by atoms with van der Waals surface area (Å²) in [5, 5.41) is 5.50. The molecule has 1 aliphatic rings. The van der Waals surface area contributed by atoms with Gasteiger partial charge in [-0.15, -0.1) is 6.42 Å². The molecular weight excluding hydrogens is 256 g/mol. The van der Waals surface area contributed by atoms with Crippen LogP contribution >= 0.6 is 0 Å². The number of amides is 2. The lowest BCUT2D eigenvalue weighted by Crippen LogP contribution is -2.49. The standard InChI is InChI=1S/C15H24N2O3/c1-5-10-16-13(18)11-8-6-7-9-12(11)17-14(19)20-15(2,3)4/h1,11-12H,6-10H2,2-4H3,(H,16,18)(H,17,19)/t11-,12+/m0/s1. The first-order valence-corrected chi connectivity index (χ1v) is 7.04. The van der Waals surface area contributed by atoms with E-state index in [9.17, 15) is 9.59 Å². The molecule has 0 spiro atoms. The minimum Gasteiger partial charge on any atom is -0.444 e. The van der Waals surface area contributed by atoms with Crippen LogP contribution in [0.5, 0.6) is 0 Å². The van der Waals surface area contributed by atoms with Crippen molar-refractivity contribution < 1.29 is 14.3 Å². The summed E-state index contributed by atoms with van der Waals surface area (Å²) in [6.07, 6.45) is 8.20. The average Bonchev–Trinajstić information content (AvgIpc) is 2.34. The number of nitrogens with one attached hydrogen (secondary N) is 2. The molecule has 0 aliphatic heterocycles. The van der Waals surface area contributed by atoms with Crippen LogP contribution in [0.3, 0.4) is 0 Å². The van der Waals surface area contributed by atoms with Crippen LogP contribution in [0.1, 0.15) is 46.5 Å². The van der Waals surface area contributed by atoms with Crippen molar-refractivity contribution in [2.45, 2.75) is 58.1 Å². The highest BCUT2D eigenvalue weighted by molar-refractivity contribution is 5.80. The molecule has 0 unspecified atom stereocenters. The minimum absolute atomic E-state index is 0.0938. The molecule has 1 rings (SSSR count). The first kappa shape index (κ1) is 16.4. The average molecular weight is 280 g/mol. The first-order valence-electron chi connectivity index (χ1n) is 7.04. The van der Waals surface area contributed by atoms with E-state index in [0.29, 0.717) is 0 Å². The van der Waals surface area contributed by atoms with Gasteiger partial charge < -0.3 is 15.4 Å². The smallest absolute Gasteiger partial charge is 0.407 e. The van der Waals surface area contributed by atoms with Gasteiger partial charge in [-0.05, 0) is 33.6 Å². The summed E-state index contributed by atoms with van der Waals surface area (Å²) in [6.45, 7) is 5.65. The topological polar surface area (TPSA) is 67.4 Å². The van der Waals surface area contributed by atoms with E-state index in [-0.39, 0.29) is 24.4 Å². The Bertz CT molecular complexity index is 393. The quantitative estimate of drug-likeness (QED) is 0.775. The van der Waals surface area contributed by atoms with Crippen LogP contribution in [0.15, 0.2) is 0 Å². The number of alkyl carbamates (subject to hydrolysis) is 1. The van der Waals surface area contributed by atoms with Gasteiger partial charge in [-0.2, -0.15) is 0 Å². The zero-order valence-corrected chi connectivity index (χ0v) is 12.5. The van der Waals surface area contributed by atoms with Crippen molar-refractivity contribution in [2.75, 3.05) is 6.54 Å². The Balaban J connectivity index is 2.58. The molecule has 0 aromatic rings. The highest BCUT2D eigenvalue weighted by Gasteiger charge is 2.32. The van der Waals surface area contributed by atoms with E-state index < -0.39 is 11.7 Å². The summed E-state index contributed by atoms with van der Waals surface area (Å²) >= 11 is 0. The van der Waals surface area contributed by atoms with Crippen molar-refractivity contribution >= 4 is 12.0 Å². The molecule has 0 bridgehead atoms. The maximum Gasteiger partial charge on any atom is 0.407 e. The second-order valence-electron chi connectivity index (χ2n) is 6.07. The summed E-state index contributed by atoms with van der Waals surface area (Å²) < 4.78 is 5.24. The third-order valence-corrected chi connectivity index (χ3v) is 3.17. The molecular formula is C15H24N2O3. The molecule has 20 heavy (non-hydrogen) atoms. The van der Waals surface area contributed by atoms with Gasteiger partial charge in [0.25, 0.3) is 0 Å². The van der Waals surface area contributed by atoms with Gasteiger partial charge >= 0.3 is 6.09 Å². The number of rotatable bonds is 3. The van der Waals surface area contributed by atoms with Crippen LogP contribution < -0.4 is 10.6 Å². The fourth-order valence-corrected chi connectivity index (χ4v) is 2.35. The van der Waals surface area contributed by atoms with Gasteiger partial charge in [0.05, 0.1) is 12.5 Å². The highest BCUT2D eigenvalue weighted by Crippen LogP contribution is 2.25. The molecule has 0 radical (unpaired) electrons. The van der Waals surface area contributed by atoms with Crippen molar-refractivity contribution in [2.24, 2.45) is 5.92 Å². The lowest BCUT2D eigenvalue weighted by atomic mass is 9.84. The molecule has 1 saturated carbocycles. The number of hydrogen-bond donors (Lipinski definition) is 2. The normalized spacial score (nSPS) is 22.5. The molecule has 2 atom stereocenters. The molecule has 2 amide bonds. The summed E-state index contributed by atoms with van der Waals surface area (Å²) in [5.74, 6) is 2.05. The molecule has 0 saturated heterocycles. The lowest BCUT2D eigenvalue weighted by molar-refractivity contribution is -0.126. The Morgan fingerprint density at radius 3 is 2.55 bits per heavy atom. The van der Waals surface area contributed by atoms with Crippen molar-refractivity contribution in [1.29, 1.82) is 0 Å². The molecule has 1 aliphatic carbocycles. The van der Waals surface area contributed by atoms with Crippen molar-refractivity contribution in [3.63, 3.8) is 0 Å². The van der Waals surface area contributed by atoms with Crippen molar-refractivity contribution in [3.05, 3.63) is 0 Å². The van der Waals surface area contributed by atoms with Crippen LogP contribution in [-0.4, -0.2) is 30.2 Å². The van der Waals surface area contributed by atoms with Gasteiger partial charge in [0.15, 0.2) is 0 Å². The fourth-order valence-electron chi connectivity index (χ4n) is 2.35. The number of terminal acetylenes is 1. The van der Waals surface area contributed by atoms with Gasteiger partial charge in [-0.3, -0.25) is 4.79 Å². The van der Waals surface area contributed by atoms with E-state index in [4.69, 9.17) is 11.2 Å². The van der Waals surface area contributed by atoms with Crippen LogP contribution in [0.2, 0.25) is 0 Å². The van der Waals surface area contributed by atoms with Crippen LogP contribution in [-0.2, 0) is 9.53 Å². The minimum atomic E-state index is -0.542. The molecule has 112 valence electrons. The van der Waals surface area contributed by atoms with Crippen LogP contribution in [0.25, 0.3) is 0 Å². The van der Waals surface area contributed by atoms with E-state index in [1.54, 1.807) is 0 Å². The summed E-state index contributed by atoms with van der Waals surface area (Å²) in [7, 11) is 0. The molecule has 0 aromatic heterocycles. The Hall–Kier alpha value is -1.70. The molecule has 0 aromatic carbocycles. The molecule has 0 heterocycles. The Morgan fingerprint density at radius 1 is 1.30 bits per heavy atom. The molecule has 2 N–H and O–H groups in total. The SMILES string of the molecule is C#CCNC(=O)[C@H]1CCCC[C@H]1NC(=O)OC(C)(C)C. The van der Waals surface area contributed by atoms with Gasteiger partial charge in [-0.1, -0.05) is 18.8 Å². The van der Waals surface area contributed by atoms with Crippen molar-refractivity contribution in [3.8, 4) is 12.3 Å². The highest BCUT2D eigenvalue weighted by atomic mass is 16.6.